The third kappa shape index (κ3) is 4.29. The molecule has 0 N–H and O–H groups in total. The standard InChI is InChI=1S/C24H27N5/c1-4-22-27-23-18(2)15-19(3)26-24(23)29(22)16-21-10-8-20(9-11-21)7-5-6-13-28-14-12-25-17-28/h5,7-12,14-15,17H,4,6,13,16H2,1-3H3. The van der Waals surface area contributed by atoms with Crippen LogP contribution < -0.4 is 0 Å². The van der Waals surface area contributed by atoms with Crippen LogP contribution in [0.3, 0.4) is 0 Å². The maximum Gasteiger partial charge on any atom is 0.160 e. The molecule has 3 heterocycles. The summed E-state index contributed by atoms with van der Waals surface area (Å²) in [4.78, 5) is 13.7. The van der Waals surface area contributed by atoms with Crippen molar-refractivity contribution in [2.45, 2.75) is 46.7 Å². The Morgan fingerprint density at radius 2 is 1.90 bits per heavy atom. The topological polar surface area (TPSA) is 48.5 Å². The SMILES string of the molecule is CCc1nc2c(C)cc(C)nc2n1Cc1ccc(C=CCCn2ccnc2)cc1. The fourth-order valence-electron chi connectivity index (χ4n) is 3.66. The van der Waals surface area contributed by atoms with Crippen molar-refractivity contribution in [1.82, 2.24) is 24.1 Å². The Kier molecular flexibility index (Phi) is 5.56. The molecule has 0 fully saturated rings. The first-order chi connectivity index (χ1) is 14.1. The van der Waals surface area contributed by atoms with Gasteiger partial charge in [-0.1, -0.05) is 43.3 Å². The second-order valence-corrected chi connectivity index (χ2v) is 7.45. The van der Waals surface area contributed by atoms with Crippen molar-refractivity contribution < 1.29 is 0 Å². The molecule has 0 spiro atoms. The highest BCUT2D eigenvalue weighted by Crippen LogP contribution is 2.21. The highest BCUT2D eigenvalue weighted by Gasteiger charge is 2.13. The molecule has 4 rings (SSSR count). The van der Waals surface area contributed by atoms with Gasteiger partial charge in [-0.3, -0.25) is 0 Å². The van der Waals surface area contributed by atoms with Gasteiger partial charge in [-0.15, -0.1) is 0 Å². The number of benzene rings is 1. The van der Waals surface area contributed by atoms with Crippen LogP contribution in [-0.2, 0) is 19.5 Å². The maximum absolute atomic E-state index is 4.84. The molecule has 0 atom stereocenters. The first-order valence-corrected chi connectivity index (χ1v) is 10.2. The summed E-state index contributed by atoms with van der Waals surface area (Å²) in [5.41, 5.74) is 6.71. The Balaban J connectivity index is 1.49. The Morgan fingerprint density at radius 1 is 1.07 bits per heavy atom. The van der Waals surface area contributed by atoms with Crippen molar-refractivity contribution in [3.63, 3.8) is 0 Å². The van der Waals surface area contributed by atoms with Crippen LogP contribution in [0.25, 0.3) is 17.2 Å². The van der Waals surface area contributed by atoms with Crippen molar-refractivity contribution >= 4 is 17.2 Å². The van der Waals surface area contributed by atoms with Crippen molar-refractivity contribution in [1.29, 1.82) is 0 Å². The Labute approximate surface area is 171 Å². The van der Waals surface area contributed by atoms with E-state index in [1.807, 2.05) is 25.6 Å². The minimum Gasteiger partial charge on any atom is -0.337 e. The quantitative estimate of drug-likeness (QED) is 0.452. The number of allylic oxidation sites excluding steroid dienone is 1. The largest absolute Gasteiger partial charge is 0.337 e. The summed E-state index contributed by atoms with van der Waals surface area (Å²) in [6, 6.07) is 10.9. The van der Waals surface area contributed by atoms with Crippen molar-refractivity contribution in [3.05, 3.63) is 83.3 Å². The van der Waals surface area contributed by atoms with Crippen LogP contribution in [0.1, 0.15) is 41.6 Å². The normalized spacial score (nSPS) is 11.7. The smallest absolute Gasteiger partial charge is 0.160 e. The van der Waals surface area contributed by atoms with E-state index >= 15 is 0 Å². The highest BCUT2D eigenvalue weighted by molar-refractivity contribution is 5.76. The third-order valence-corrected chi connectivity index (χ3v) is 5.16. The molecular weight excluding hydrogens is 358 g/mol. The molecule has 0 radical (unpaired) electrons. The van der Waals surface area contributed by atoms with E-state index in [4.69, 9.17) is 9.97 Å². The zero-order valence-corrected chi connectivity index (χ0v) is 17.3. The van der Waals surface area contributed by atoms with E-state index in [0.29, 0.717) is 0 Å². The number of hydrogen-bond acceptors (Lipinski definition) is 3. The minimum atomic E-state index is 0.792. The van der Waals surface area contributed by atoms with Gasteiger partial charge in [0, 0.05) is 31.1 Å². The van der Waals surface area contributed by atoms with Crippen molar-refractivity contribution in [2.75, 3.05) is 0 Å². The summed E-state index contributed by atoms with van der Waals surface area (Å²) in [5, 5.41) is 0. The molecule has 0 saturated heterocycles. The fraction of sp³-hybridized carbons (Fsp3) is 0.292. The summed E-state index contributed by atoms with van der Waals surface area (Å²) >= 11 is 0. The van der Waals surface area contributed by atoms with E-state index in [1.165, 1.54) is 16.7 Å². The van der Waals surface area contributed by atoms with Crippen molar-refractivity contribution in [2.24, 2.45) is 0 Å². The third-order valence-electron chi connectivity index (χ3n) is 5.16. The maximum atomic E-state index is 4.84. The minimum absolute atomic E-state index is 0.792. The number of nitrogens with zero attached hydrogens (tertiary/aromatic N) is 5. The number of pyridine rings is 1. The average Bonchev–Trinajstić information content (AvgIpc) is 3.35. The van der Waals surface area contributed by atoms with E-state index < -0.39 is 0 Å². The Bertz CT molecular complexity index is 1120. The summed E-state index contributed by atoms with van der Waals surface area (Å²) in [6.45, 7) is 8.05. The molecule has 3 aromatic heterocycles. The average molecular weight is 386 g/mol. The number of hydrogen-bond donors (Lipinski definition) is 0. The number of rotatable bonds is 7. The van der Waals surface area contributed by atoms with E-state index in [1.54, 1.807) is 0 Å². The van der Waals surface area contributed by atoms with Crippen LogP contribution in [0, 0.1) is 13.8 Å². The van der Waals surface area contributed by atoms with Gasteiger partial charge in [-0.2, -0.15) is 0 Å². The van der Waals surface area contributed by atoms with E-state index in [-0.39, 0.29) is 0 Å². The van der Waals surface area contributed by atoms with Gasteiger partial charge in [0.25, 0.3) is 0 Å². The summed E-state index contributed by atoms with van der Waals surface area (Å²) in [7, 11) is 0. The van der Waals surface area contributed by atoms with Crippen LogP contribution in [-0.4, -0.2) is 24.1 Å². The highest BCUT2D eigenvalue weighted by atomic mass is 15.1. The molecule has 4 aromatic rings. The van der Waals surface area contributed by atoms with Crippen molar-refractivity contribution in [3.8, 4) is 0 Å². The molecule has 29 heavy (non-hydrogen) atoms. The van der Waals surface area contributed by atoms with Gasteiger partial charge in [0.05, 0.1) is 12.9 Å². The Morgan fingerprint density at radius 3 is 2.62 bits per heavy atom. The van der Waals surface area contributed by atoms with Crippen LogP contribution in [0.2, 0.25) is 0 Å². The second-order valence-electron chi connectivity index (χ2n) is 7.45. The monoisotopic (exact) mass is 385 g/mol. The molecule has 0 amide bonds. The molecule has 5 heteroatoms. The van der Waals surface area contributed by atoms with Crippen LogP contribution in [0.5, 0.6) is 0 Å². The van der Waals surface area contributed by atoms with Gasteiger partial charge in [0.1, 0.15) is 11.3 Å². The number of imidazole rings is 2. The molecule has 0 aliphatic carbocycles. The Hall–Kier alpha value is -3.21. The molecule has 5 nitrogen and oxygen atoms in total. The summed E-state index contributed by atoms with van der Waals surface area (Å²) in [5.74, 6) is 1.09. The van der Waals surface area contributed by atoms with E-state index in [0.717, 1.165) is 48.6 Å². The molecule has 0 aliphatic heterocycles. The van der Waals surface area contributed by atoms with Gasteiger partial charge in [-0.25, -0.2) is 15.0 Å². The summed E-state index contributed by atoms with van der Waals surface area (Å²) < 4.78 is 4.34. The van der Waals surface area contributed by atoms with Gasteiger partial charge < -0.3 is 9.13 Å². The number of aromatic nitrogens is 5. The predicted octanol–water partition coefficient (Wildman–Crippen LogP) is 4.96. The molecule has 0 bridgehead atoms. The zero-order valence-electron chi connectivity index (χ0n) is 17.3. The van der Waals surface area contributed by atoms with Gasteiger partial charge in [0.15, 0.2) is 5.65 Å². The molecule has 1 aromatic carbocycles. The second kappa shape index (κ2) is 8.43. The molecule has 0 saturated carbocycles. The van der Waals surface area contributed by atoms with Crippen LogP contribution in [0.15, 0.2) is 55.1 Å². The lowest BCUT2D eigenvalue weighted by Crippen LogP contribution is -2.05. The van der Waals surface area contributed by atoms with E-state index in [9.17, 15) is 0 Å². The first kappa shape index (κ1) is 19.1. The molecule has 0 aliphatic rings. The van der Waals surface area contributed by atoms with Gasteiger partial charge in [-0.05, 0) is 43.0 Å². The molecular formula is C24H27N5. The lowest BCUT2D eigenvalue weighted by molar-refractivity contribution is 0.710. The molecule has 0 unspecified atom stereocenters. The zero-order chi connectivity index (χ0) is 20.2. The first-order valence-electron chi connectivity index (χ1n) is 10.2. The fourth-order valence-corrected chi connectivity index (χ4v) is 3.66. The van der Waals surface area contributed by atoms with Gasteiger partial charge >= 0.3 is 0 Å². The van der Waals surface area contributed by atoms with E-state index in [2.05, 4.69) is 70.4 Å². The number of fused-ring (bicyclic) bond motifs is 1. The lowest BCUT2D eigenvalue weighted by Gasteiger charge is -2.09. The number of aryl methyl sites for hydroxylation is 4. The van der Waals surface area contributed by atoms with Crippen LogP contribution in [0.4, 0.5) is 0 Å². The van der Waals surface area contributed by atoms with Gasteiger partial charge in [0.2, 0.25) is 0 Å². The lowest BCUT2D eigenvalue weighted by atomic mass is 10.1. The van der Waals surface area contributed by atoms with Crippen LogP contribution >= 0.6 is 0 Å². The molecule has 148 valence electrons. The summed E-state index contributed by atoms with van der Waals surface area (Å²) in [6.07, 6.45) is 11.9. The predicted molar refractivity (Wildman–Crippen MR) is 118 cm³/mol.